The molecule has 0 aliphatic carbocycles. The summed E-state index contributed by atoms with van der Waals surface area (Å²) in [6, 6.07) is 29.9. The number of nitrogens with zero attached hydrogens (tertiary/aromatic N) is 3. The average molecular weight is 335 g/mol. The van der Waals surface area contributed by atoms with Crippen LogP contribution < -0.4 is 0 Å². The molecule has 4 rings (SSSR count). The van der Waals surface area contributed by atoms with Crippen LogP contribution in [0.3, 0.4) is 0 Å². The Kier molecular flexibility index (Phi) is 4.58. The van der Waals surface area contributed by atoms with Gasteiger partial charge in [-0.25, -0.2) is 0 Å². The van der Waals surface area contributed by atoms with Crippen LogP contribution in [-0.2, 0) is 0 Å². The maximum absolute atomic E-state index is 4.67. The highest BCUT2D eigenvalue weighted by Crippen LogP contribution is 2.20. The second kappa shape index (κ2) is 7.50. The molecule has 0 fully saturated rings. The molecular formula is C23H17N3. The van der Waals surface area contributed by atoms with E-state index in [2.05, 4.69) is 34.2 Å². The van der Waals surface area contributed by atoms with E-state index in [4.69, 9.17) is 0 Å². The molecule has 0 aliphatic heterocycles. The van der Waals surface area contributed by atoms with Crippen LogP contribution in [0.25, 0.3) is 11.3 Å². The third kappa shape index (κ3) is 3.55. The smallest absolute Gasteiger partial charge is 0.157 e. The van der Waals surface area contributed by atoms with E-state index >= 15 is 0 Å². The number of benzene rings is 3. The maximum Gasteiger partial charge on any atom is 0.157 e. The first-order valence-corrected chi connectivity index (χ1v) is 8.49. The van der Waals surface area contributed by atoms with Gasteiger partial charge in [0.05, 0.1) is 6.20 Å². The van der Waals surface area contributed by atoms with Crippen molar-refractivity contribution in [3.8, 4) is 23.1 Å². The third-order valence-corrected chi connectivity index (χ3v) is 4.05. The zero-order chi connectivity index (χ0) is 17.6. The van der Waals surface area contributed by atoms with Crippen LogP contribution in [0.5, 0.6) is 0 Å². The Morgan fingerprint density at radius 3 is 2.04 bits per heavy atom. The van der Waals surface area contributed by atoms with Gasteiger partial charge in [-0.2, -0.15) is 15.0 Å². The first-order valence-electron chi connectivity index (χ1n) is 8.49. The van der Waals surface area contributed by atoms with Gasteiger partial charge < -0.3 is 0 Å². The Balaban J connectivity index is 1.72. The first-order chi connectivity index (χ1) is 12.9. The zero-order valence-corrected chi connectivity index (χ0v) is 14.2. The number of rotatable bonds is 3. The maximum atomic E-state index is 4.67. The Morgan fingerprint density at radius 2 is 1.35 bits per heavy atom. The Labute approximate surface area is 152 Å². The van der Waals surface area contributed by atoms with Crippen LogP contribution in [0, 0.1) is 11.8 Å². The predicted molar refractivity (Wildman–Crippen MR) is 103 cm³/mol. The Hall–Kier alpha value is -3.64. The van der Waals surface area contributed by atoms with E-state index in [-0.39, 0.29) is 6.04 Å². The summed E-state index contributed by atoms with van der Waals surface area (Å²) in [7, 11) is 0. The van der Waals surface area contributed by atoms with Gasteiger partial charge in [0, 0.05) is 11.1 Å². The molecule has 0 saturated heterocycles. The zero-order valence-electron chi connectivity index (χ0n) is 14.2. The summed E-state index contributed by atoms with van der Waals surface area (Å²) in [5, 5.41) is 9.16. The van der Waals surface area contributed by atoms with Crippen LogP contribution in [0.4, 0.5) is 0 Å². The van der Waals surface area contributed by atoms with Crippen LogP contribution in [-0.4, -0.2) is 15.0 Å². The molecule has 1 atom stereocenters. The third-order valence-electron chi connectivity index (χ3n) is 4.05. The second-order valence-electron chi connectivity index (χ2n) is 5.86. The molecule has 0 unspecified atom stereocenters. The fourth-order valence-corrected chi connectivity index (χ4v) is 2.72. The lowest BCUT2D eigenvalue weighted by atomic mass is 10.1. The minimum Gasteiger partial charge on any atom is -0.164 e. The normalized spacial score (nSPS) is 11.4. The highest BCUT2D eigenvalue weighted by molar-refractivity contribution is 5.57. The van der Waals surface area contributed by atoms with Gasteiger partial charge >= 0.3 is 0 Å². The molecule has 0 N–H and O–H groups in total. The first kappa shape index (κ1) is 15.9. The minimum atomic E-state index is -0.242. The lowest BCUT2D eigenvalue weighted by Crippen LogP contribution is -2.12. The van der Waals surface area contributed by atoms with Crippen molar-refractivity contribution < 1.29 is 0 Å². The molecular weight excluding hydrogens is 318 g/mol. The monoisotopic (exact) mass is 335 g/mol. The van der Waals surface area contributed by atoms with Crippen LogP contribution in [0.1, 0.15) is 17.2 Å². The van der Waals surface area contributed by atoms with E-state index in [1.165, 1.54) is 0 Å². The van der Waals surface area contributed by atoms with Gasteiger partial charge in [-0.15, -0.1) is 0 Å². The van der Waals surface area contributed by atoms with Gasteiger partial charge in [0.25, 0.3) is 0 Å². The quantitative estimate of drug-likeness (QED) is 0.513. The van der Waals surface area contributed by atoms with Gasteiger partial charge in [0.2, 0.25) is 0 Å². The van der Waals surface area contributed by atoms with Gasteiger partial charge in [0.1, 0.15) is 5.69 Å². The van der Waals surface area contributed by atoms with Crippen LogP contribution >= 0.6 is 0 Å². The van der Waals surface area contributed by atoms with Crippen molar-refractivity contribution in [3.63, 3.8) is 0 Å². The van der Waals surface area contributed by atoms with Crippen molar-refractivity contribution in [2.45, 2.75) is 6.04 Å². The predicted octanol–water partition coefficient (Wildman–Crippen LogP) is 4.59. The fourth-order valence-electron chi connectivity index (χ4n) is 2.72. The molecule has 0 radical (unpaired) electrons. The van der Waals surface area contributed by atoms with Gasteiger partial charge in [-0.3, -0.25) is 0 Å². The second-order valence-corrected chi connectivity index (χ2v) is 5.86. The molecule has 0 spiro atoms. The van der Waals surface area contributed by atoms with Crippen molar-refractivity contribution in [2.75, 3.05) is 0 Å². The van der Waals surface area contributed by atoms with E-state index in [9.17, 15) is 0 Å². The SMILES string of the molecule is C(#C[C@@H](c1ccccc1)n1ncc(-c2ccccc2)n1)c1ccccc1. The summed E-state index contributed by atoms with van der Waals surface area (Å²) in [4.78, 5) is 1.69. The van der Waals surface area contributed by atoms with E-state index in [0.717, 1.165) is 22.4 Å². The lowest BCUT2D eigenvalue weighted by Gasteiger charge is -2.10. The van der Waals surface area contributed by atoms with Crippen molar-refractivity contribution in [1.29, 1.82) is 0 Å². The Morgan fingerprint density at radius 1 is 0.731 bits per heavy atom. The van der Waals surface area contributed by atoms with E-state index in [1.807, 2.05) is 78.9 Å². The average Bonchev–Trinajstić information content (AvgIpc) is 3.20. The molecule has 4 aromatic rings. The van der Waals surface area contributed by atoms with Gasteiger partial charge in [0.15, 0.2) is 6.04 Å². The van der Waals surface area contributed by atoms with Crippen LogP contribution in [0.15, 0.2) is 97.2 Å². The molecule has 3 aromatic carbocycles. The molecule has 1 heterocycles. The lowest BCUT2D eigenvalue weighted by molar-refractivity contribution is 0.544. The molecule has 26 heavy (non-hydrogen) atoms. The van der Waals surface area contributed by atoms with E-state index < -0.39 is 0 Å². The van der Waals surface area contributed by atoms with E-state index in [1.54, 1.807) is 11.0 Å². The minimum absolute atomic E-state index is 0.242. The Bertz CT molecular complexity index is 1030. The van der Waals surface area contributed by atoms with Crippen molar-refractivity contribution in [2.24, 2.45) is 0 Å². The molecule has 0 saturated carbocycles. The van der Waals surface area contributed by atoms with Crippen molar-refractivity contribution >= 4 is 0 Å². The molecule has 3 nitrogen and oxygen atoms in total. The molecule has 0 amide bonds. The van der Waals surface area contributed by atoms with Gasteiger partial charge in [-0.1, -0.05) is 90.7 Å². The fraction of sp³-hybridized carbons (Fsp3) is 0.0435. The molecule has 3 heteroatoms. The molecule has 0 bridgehead atoms. The van der Waals surface area contributed by atoms with Crippen LogP contribution in [0.2, 0.25) is 0 Å². The van der Waals surface area contributed by atoms with Crippen molar-refractivity contribution in [1.82, 2.24) is 15.0 Å². The van der Waals surface area contributed by atoms with Crippen molar-refractivity contribution in [3.05, 3.63) is 108 Å². The molecule has 124 valence electrons. The molecule has 1 aromatic heterocycles. The summed E-state index contributed by atoms with van der Waals surface area (Å²) < 4.78 is 0. The summed E-state index contributed by atoms with van der Waals surface area (Å²) in [5.41, 5.74) is 3.92. The number of aromatic nitrogens is 3. The standard InChI is InChI=1S/C23H17N3/c1-4-10-19(11-5-1)16-17-23(21-14-8-3-9-15-21)26-24-18-22(25-26)20-12-6-2-7-13-20/h1-15,18,23H/t23-/m0/s1. The number of hydrogen-bond acceptors (Lipinski definition) is 2. The largest absolute Gasteiger partial charge is 0.164 e. The van der Waals surface area contributed by atoms with Gasteiger partial charge in [-0.05, 0) is 17.7 Å². The summed E-state index contributed by atoms with van der Waals surface area (Å²) in [5.74, 6) is 6.56. The highest BCUT2D eigenvalue weighted by atomic mass is 15.5. The number of hydrogen-bond donors (Lipinski definition) is 0. The summed E-state index contributed by atoms with van der Waals surface area (Å²) in [6.07, 6.45) is 1.79. The summed E-state index contributed by atoms with van der Waals surface area (Å²) in [6.45, 7) is 0. The summed E-state index contributed by atoms with van der Waals surface area (Å²) >= 11 is 0. The highest BCUT2D eigenvalue weighted by Gasteiger charge is 2.14. The van der Waals surface area contributed by atoms with E-state index in [0.29, 0.717) is 0 Å². The molecule has 0 aliphatic rings. The topological polar surface area (TPSA) is 30.7 Å².